The number of rotatable bonds is 12. The number of thiophene rings is 1. The van der Waals surface area contributed by atoms with Crippen molar-refractivity contribution in [1.29, 1.82) is 0 Å². The summed E-state index contributed by atoms with van der Waals surface area (Å²) in [5, 5.41) is 12.4. The van der Waals surface area contributed by atoms with Gasteiger partial charge in [0, 0.05) is 24.0 Å². The first-order valence-corrected chi connectivity index (χ1v) is 12.1. The summed E-state index contributed by atoms with van der Waals surface area (Å²) < 4.78 is 24.5. The zero-order valence-electron chi connectivity index (χ0n) is 19.3. The van der Waals surface area contributed by atoms with E-state index in [2.05, 4.69) is 12.6 Å². The van der Waals surface area contributed by atoms with Crippen LogP contribution in [0.15, 0.2) is 48.4 Å². The van der Waals surface area contributed by atoms with Crippen LogP contribution in [0, 0.1) is 5.82 Å². The molecule has 33 heavy (non-hydrogen) atoms. The van der Waals surface area contributed by atoms with Crippen molar-refractivity contribution in [2.75, 3.05) is 39.5 Å². The Morgan fingerprint density at radius 3 is 2.82 bits per heavy atom. The van der Waals surface area contributed by atoms with Crippen LogP contribution in [0.1, 0.15) is 30.3 Å². The molecule has 0 saturated heterocycles. The molecule has 1 N–H and O–H groups in total. The van der Waals surface area contributed by atoms with Gasteiger partial charge in [0.15, 0.2) is 0 Å². The fraction of sp³-hybridized carbons (Fsp3) is 0.480. The molecule has 0 unspecified atom stereocenters. The van der Waals surface area contributed by atoms with Gasteiger partial charge in [-0.3, -0.25) is 9.69 Å². The minimum Gasteiger partial charge on any atom is -0.491 e. The molecule has 2 aromatic rings. The highest BCUT2D eigenvalue weighted by molar-refractivity contribution is 7.10. The summed E-state index contributed by atoms with van der Waals surface area (Å²) in [7, 11) is 0. The number of fused-ring (bicyclic) bond motifs is 1. The number of ether oxygens (including phenoxy) is 2. The Morgan fingerprint density at radius 2 is 2.12 bits per heavy atom. The second-order valence-corrected chi connectivity index (χ2v) is 9.42. The molecule has 1 aliphatic heterocycles. The number of halogens is 1. The fourth-order valence-electron chi connectivity index (χ4n) is 3.91. The smallest absolute Gasteiger partial charge is 0.237 e. The molecule has 6 nitrogen and oxygen atoms in total. The average Bonchev–Trinajstić information content (AvgIpc) is 3.27. The molecule has 1 amide bonds. The lowest BCUT2D eigenvalue weighted by Gasteiger charge is -2.38. The maximum absolute atomic E-state index is 13.4. The van der Waals surface area contributed by atoms with Crippen molar-refractivity contribution >= 4 is 17.2 Å². The molecule has 0 aliphatic carbocycles. The number of carbonyl (C=O) groups is 1. The van der Waals surface area contributed by atoms with Crippen LogP contribution in [0.2, 0.25) is 0 Å². The van der Waals surface area contributed by atoms with E-state index in [-0.39, 0.29) is 37.0 Å². The van der Waals surface area contributed by atoms with Gasteiger partial charge in [0.1, 0.15) is 18.2 Å². The first kappa shape index (κ1) is 25.4. The summed E-state index contributed by atoms with van der Waals surface area (Å²) >= 11 is 1.70. The molecule has 0 radical (unpaired) electrons. The van der Waals surface area contributed by atoms with Gasteiger partial charge in [-0.15, -0.1) is 17.9 Å². The second-order valence-electron chi connectivity index (χ2n) is 8.42. The van der Waals surface area contributed by atoms with Gasteiger partial charge in [0.2, 0.25) is 5.91 Å². The number of aliphatic hydroxyl groups excluding tert-OH is 1. The summed E-state index contributed by atoms with van der Waals surface area (Å²) in [5.74, 6) is 0.243. The number of aliphatic hydroxyl groups is 1. The van der Waals surface area contributed by atoms with Gasteiger partial charge in [0.05, 0.1) is 31.9 Å². The largest absolute Gasteiger partial charge is 0.491 e. The molecule has 0 saturated carbocycles. The van der Waals surface area contributed by atoms with E-state index in [0.29, 0.717) is 32.1 Å². The van der Waals surface area contributed by atoms with E-state index in [0.717, 1.165) is 12.0 Å². The second kappa shape index (κ2) is 12.3. The Hall–Kier alpha value is -2.26. The number of benzene rings is 1. The lowest BCUT2D eigenvalue weighted by atomic mass is 10.00. The first-order valence-electron chi connectivity index (χ1n) is 11.2. The Bertz CT molecular complexity index is 902. The Kier molecular flexibility index (Phi) is 9.43. The third kappa shape index (κ3) is 7.11. The van der Waals surface area contributed by atoms with Gasteiger partial charge in [-0.1, -0.05) is 6.08 Å². The summed E-state index contributed by atoms with van der Waals surface area (Å²) in [6.45, 7) is 9.63. The van der Waals surface area contributed by atoms with Crippen LogP contribution in [0.3, 0.4) is 0 Å². The first-order chi connectivity index (χ1) is 15.9. The number of nitrogens with zero attached hydrogens (tertiary/aromatic N) is 2. The standard InChI is InChI=1S/C25H33FN2O4S/c1-4-12-31-16-20(29)14-27(18(2)3)15-25(30)28-11-9-24-22(10-13-33-24)23(28)17-32-21-7-5-19(26)6-8-21/h4-8,10,13,18,20,23,29H,1,9,11-12,14-17H2,2-3H3/t20-,23+/m0/s1. The molecule has 3 rings (SSSR count). The molecular weight excluding hydrogens is 443 g/mol. The van der Waals surface area contributed by atoms with Crippen LogP contribution in [0.4, 0.5) is 4.39 Å². The van der Waals surface area contributed by atoms with Crippen molar-refractivity contribution in [2.45, 2.75) is 38.5 Å². The minimum absolute atomic E-state index is 0.00698. The SMILES string of the molecule is C=CCOC[C@@H](O)CN(CC(=O)N1CCc2sccc2[C@H]1COc1ccc(F)cc1)C(C)C. The van der Waals surface area contributed by atoms with Gasteiger partial charge < -0.3 is 19.5 Å². The van der Waals surface area contributed by atoms with Crippen LogP contribution in [0.25, 0.3) is 0 Å². The summed E-state index contributed by atoms with van der Waals surface area (Å²) in [4.78, 5) is 18.5. The van der Waals surface area contributed by atoms with E-state index in [4.69, 9.17) is 9.47 Å². The molecule has 0 bridgehead atoms. The fourth-order valence-corrected chi connectivity index (χ4v) is 4.84. The van der Waals surface area contributed by atoms with Gasteiger partial charge in [-0.05, 0) is 61.5 Å². The van der Waals surface area contributed by atoms with E-state index >= 15 is 0 Å². The predicted molar refractivity (Wildman–Crippen MR) is 128 cm³/mol. The van der Waals surface area contributed by atoms with Gasteiger partial charge in [0.25, 0.3) is 0 Å². The third-order valence-corrected chi connectivity index (χ3v) is 6.69. The van der Waals surface area contributed by atoms with Gasteiger partial charge >= 0.3 is 0 Å². The van der Waals surface area contributed by atoms with Crippen LogP contribution in [-0.2, 0) is 16.0 Å². The highest BCUT2D eigenvalue weighted by Crippen LogP contribution is 2.34. The number of hydrogen-bond donors (Lipinski definition) is 1. The maximum atomic E-state index is 13.4. The van der Waals surface area contributed by atoms with E-state index < -0.39 is 6.10 Å². The predicted octanol–water partition coefficient (Wildman–Crippen LogP) is 3.67. The highest BCUT2D eigenvalue weighted by atomic mass is 32.1. The van der Waals surface area contributed by atoms with Crippen molar-refractivity contribution < 1.29 is 23.8 Å². The minimum atomic E-state index is -0.692. The molecule has 0 fully saturated rings. The number of amides is 1. The van der Waals surface area contributed by atoms with E-state index in [1.165, 1.54) is 17.0 Å². The maximum Gasteiger partial charge on any atom is 0.237 e. The van der Waals surface area contributed by atoms with Crippen molar-refractivity contribution in [3.63, 3.8) is 0 Å². The van der Waals surface area contributed by atoms with Crippen molar-refractivity contribution in [3.8, 4) is 5.75 Å². The lowest BCUT2D eigenvalue weighted by Crippen LogP contribution is -2.49. The molecule has 180 valence electrons. The number of carbonyl (C=O) groups excluding carboxylic acids is 1. The molecule has 1 aromatic carbocycles. The molecule has 8 heteroatoms. The molecule has 1 aromatic heterocycles. The topological polar surface area (TPSA) is 62.2 Å². The van der Waals surface area contributed by atoms with E-state index in [1.807, 2.05) is 29.0 Å². The molecule has 0 spiro atoms. The zero-order chi connectivity index (χ0) is 23.8. The van der Waals surface area contributed by atoms with E-state index in [9.17, 15) is 14.3 Å². The highest BCUT2D eigenvalue weighted by Gasteiger charge is 2.33. The quantitative estimate of drug-likeness (QED) is 0.374. The molecule has 1 aliphatic rings. The third-order valence-electron chi connectivity index (χ3n) is 5.70. The Labute approximate surface area is 199 Å². The molecular formula is C25H33FN2O4S. The summed E-state index contributed by atoms with van der Waals surface area (Å²) in [6.07, 6.45) is 1.76. The Morgan fingerprint density at radius 1 is 1.36 bits per heavy atom. The normalized spacial score (nSPS) is 16.7. The summed E-state index contributed by atoms with van der Waals surface area (Å²) in [5.41, 5.74) is 1.11. The van der Waals surface area contributed by atoms with Gasteiger partial charge in [-0.25, -0.2) is 4.39 Å². The zero-order valence-corrected chi connectivity index (χ0v) is 20.1. The van der Waals surface area contributed by atoms with Crippen LogP contribution in [-0.4, -0.2) is 72.4 Å². The van der Waals surface area contributed by atoms with Gasteiger partial charge in [-0.2, -0.15) is 0 Å². The molecule has 2 heterocycles. The van der Waals surface area contributed by atoms with Crippen molar-refractivity contribution in [3.05, 3.63) is 64.6 Å². The van der Waals surface area contributed by atoms with Crippen molar-refractivity contribution in [1.82, 2.24) is 9.80 Å². The Balaban J connectivity index is 1.67. The number of hydrogen-bond acceptors (Lipinski definition) is 6. The van der Waals surface area contributed by atoms with Crippen LogP contribution in [0.5, 0.6) is 5.75 Å². The molecule has 2 atom stereocenters. The monoisotopic (exact) mass is 476 g/mol. The van der Waals surface area contributed by atoms with E-state index in [1.54, 1.807) is 29.5 Å². The lowest BCUT2D eigenvalue weighted by molar-refractivity contribution is -0.137. The van der Waals surface area contributed by atoms with Crippen LogP contribution < -0.4 is 4.74 Å². The average molecular weight is 477 g/mol. The summed E-state index contributed by atoms with van der Waals surface area (Å²) in [6, 6.07) is 7.83. The van der Waals surface area contributed by atoms with Crippen LogP contribution >= 0.6 is 11.3 Å². The van der Waals surface area contributed by atoms with Crippen molar-refractivity contribution in [2.24, 2.45) is 0 Å².